The van der Waals surface area contributed by atoms with E-state index in [9.17, 15) is 4.79 Å². The van der Waals surface area contributed by atoms with Crippen molar-refractivity contribution in [2.75, 3.05) is 0 Å². The van der Waals surface area contributed by atoms with Gasteiger partial charge >= 0.3 is 5.97 Å². The van der Waals surface area contributed by atoms with Gasteiger partial charge in [0.05, 0.1) is 17.8 Å². The number of esters is 1. The van der Waals surface area contributed by atoms with Crippen molar-refractivity contribution < 1.29 is 9.53 Å². The van der Waals surface area contributed by atoms with Gasteiger partial charge in [-0.1, -0.05) is 47.5 Å². The summed E-state index contributed by atoms with van der Waals surface area (Å²) in [5.74, 6) is -0.407. The molecule has 28 heavy (non-hydrogen) atoms. The fraction of sp³-hybridized carbons (Fsp3) is 0.217. The van der Waals surface area contributed by atoms with E-state index in [2.05, 4.69) is 34.7 Å². The van der Waals surface area contributed by atoms with Crippen molar-refractivity contribution in [2.24, 2.45) is 0 Å². The summed E-state index contributed by atoms with van der Waals surface area (Å²) in [6.07, 6.45) is 1.56. The summed E-state index contributed by atoms with van der Waals surface area (Å²) in [5.41, 5.74) is 4.56. The molecule has 5 heteroatoms. The predicted molar refractivity (Wildman–Crippen MR) is 113 cm³/mol. The van der Waals surface area contributed by atoms with E-state index in [0.29, 0.717) is 12.2 Å². The minimum Gasteiger partial charge on any atom is -0.458 e. The molecular formula is C23H21ClN2O2. The van der Waals surface area contributed by atoms with Crippen LogP contribution in [-0.2, 0) is 11.3 Å². The minimum absolute atomic E-state index is 0.185. The number of aromatic nitrogens is 2. The van der Waals surface area contributed by atoms with E-state index in [0.717, 1.165) is 38.0 Å². The number of hydrogen-bond donors (Lipinski definition) is 0. The number of carbonyl (C=O) groups excluding carboxylic acids is 1. The molecule has 0 aliphatic rings. The molecule has 2 aromatic carbocycles. The van der Waals surface area contributed by atoms with Crippen LogP contribution < -0.4 is 0 Å². The molecule has 0 radical (unpaired) electrons. The summed E-state index contributed by atoms with van der Waals surface area (Å²) in [6, 6.07) is 16.0. The van der Waals surface area contributed by atoms with Crippen molar-refractivity contribution in [2.45, 2.75) is 33.4 Å². The second kappa shape index (κ2) is 7.28. The van der Waals surface area contributed by atoms with E-state index < -0.39 is 5.97 Å². The first-order valence-corrected chi connectivity index (χ1v) is 9.65. The molecule has 0 bridgehead atoms. The molecule has 4 rings (SSSR count). The lowest BCUT2D eigenvalue weighted by Gasteiger charge is -2.11. The van der Waals surface area contributed by atoms with Gasteiger partial charge in [0, 0.05) is 27.9 Å². The van der Waals surface area contributed by atoms with Gasteiger partial charge in [0.2, 0.25) is 0 Å². The predicted octanol–water partition coefficient (Wildman–Crippen LogP) is 5.76. The highest BCUT2D eigenvalue weighted by molar-refractivity contribution is 6.31. The summed E-state index contributed by atoms with van der Waals surface area (Å²) in [6.45, 7) is 6.34. The molecule has 0 amide bonds. The molecule has 0 aliphatic carbocycles. The van der Waals surface area contributed by atoms with Crippen LogP contribution in [0.5, 0.6) is 0 Å². The van der Waals surface area contributed by atoms with Crippen molar-refractivity contribution in [1.29, 1.82) is 0 Å². The van der Waals surface area contributed by atoms with Gasteiger partial charge in [0.25, 0.3) is 0 Å². The number of hydrogen-bond acceptors (Lipinski definition) is 3. The molecule has 2 heterocycles. The highest BCUT2D eigenvalue weighted by Crippen LogP contribution is 2.31. The number of rotatable bonds is 4. The molecule has 4 nitrogen and oxygen atoms in total. The Bertz CT molecular complexity index is 1190. The molecule has 2 aromatic heterocycles. The maximum atomic E-state index is 12.3. The Balaban J connectivity index is 1.88. The zero-order valence-electron chi connectivity index (χ0n) is 16.1. The number of ether oxygens (including phenoxy) is 1. The molecule has 0 N–H and O–H groups in total. The zero-order chi connectivity index (χ0) is 19.8. The molecule has 142 valence electrons. The fourth-order valence-electron chi connectivity index (χ4n) is 3.50. The van der Waals surface area contributed by atoms with Crippen LogP contribution in [0.2, 0.25) is 5.02 Å². The van der Waals surface area contributed by atoms with Crippen LogP contribution in [0.25, 0.3) is 21.8 Å². The van der Waals surface area contributed by atoms with Crippen LogP contribution in [0.3, 0.4) is 0 Å². The number of benzene rings is 2. The Hall–Kier alpha value is -2.85. The summed E-state index contributed by atoms with van der Waals surface area (Å²) >= 11 is 6.44. The van der Waals surface area contributed by atoms with Crippen molar-refractivity contribution >= 4 is 39.4 Å². The Morgan fingerprint density at radius 3 is 2.68 bits per heavy atom. The van der Waals surface area contributed by atoms with E-state index in [4.69, 9.17) is 16.3 Å². The van der Waals surface area contributed by atoms with Gasteiger partial charge < -0.3 is 9.30 Å². The number of nitrogens with zero attached hydrogens (tertiary/aromatic N) is 2. The van der Waals surface area contributed by atoms with Crippen LogP contribution >= 0.6 is 11.6 Å². The van der Waals surface area contributed by atoms with Gasteiger partial charge in [-0.25, -0.2) is 9.78 Å². The van der Waals surface area contributed by atoms with Crippen LogP contribution in [0.4, 0.5) is 0 Å². The first-order chi connectivity index (χ1) is 13.4. The van der Waals surface area contributed by atoms with Crippen molar-refractivity contribution in [1.82, 2.24) is 9.55 Å². The number of aryl methyl sites for hydroxylation is 1. The summed E-state index contributed by atoms with van der Waals surface area (Å²) in [4.78, 5) is 16.7. The Labute approximate surface area is 168 Å². The molecular weight excluding hydrogens is 372 g/mol. The number of fused-ring (bicyclic) bond motifs is 3. The SMILES string of the molecule is Cc1ccc(Cl)c(Cn2c3ccccc3c3cc(C(=O)OC(C)C)ncc32)c1. The first kappa shape index (κ1) is 18.5. The monoisotopic (exact) mass is 392 g/mol. The van der Waals surface area contributed by atoms with Gasteiger partial charge in [0.15, 0.2) is 0 Å². The highest BCUT2D eigenvalue weighted by atomic mass is 35.5. The lowest BCUT2D eigenvalue weighted by atomic mass is 10.1. The summed E-state index contributed by atoms with van der Waals surface area (Å²) in [5, 5.41) is 2.79. The quantitative estimate of drug-likeness (QED) is 0.414. The molecule has 0 saturated heterocycles. The third-order valence-corrected chi connectivity index (χ3v) is 5.11. The average molecular weight is 393 g/mol. The highest BCUT2D eigenvalue weighted by Gasteiger charge is 2.17. The molecule has 0 atom stereocenters. The van der Waals surface area contributed by atoms with Crippen molar-refractivity contribution in [3.8, 4) is 0 Å². The topological polar surface area (TPSA) is 44.1 Å². The van der Waals surface area contributed by atoms with Gasteiger partial charge in [0.1, 0.15) is 5.69 Å². The largest absolute Gasteiger partial charge is 0.458 e. The van der Waals surface area contributed by atoms with Gasteiger partial charge in [-0.3, -0.25) is 0 Å². The Morgan fingerprint density at radius 2 is 1.89 bits per heavy atom. The van der Waals surface area contributed by atoms with Crippen LogP contribution in [0.1, 0.15) is 35.5 Å². The van der Waals surface area contributed by atoms with E-state index in [-0.39, 0.29) is 6.10 Å². The maximum Gasteiger partial charge on any atom is 0.357 e. The van der Waals surface area contributed by atoms with Crippen molar-refractivity contribution in [3.05, 3.63) is 76.6 Å². The van der Waals surface area contributed by atoms with Gasteiger partial charge in [-0.05, 0) is 44.5 Å². The lowest BCUT2D eigenvalue weighted by molar-refractivity contribution is 0.0371. The number of carbonyl (C=O) groups is 1. The van der Waals surface area contributed by atoms with Crippen molar-refractivity contribution in [3.63, 3.8) is 0 Å². The normalized spacial score (nSPS) is 11.5. The number of pyridine rings is 1. The smallest absolute Gasteiger partial charge is 0.357 e. The fourth-order valence-corrected chi connectivity index (χ4v) is 3.67. The standard InChI is InChI=1S/C23H21ClN2O2/c1-14(2)28-23(27)20-11-18-17-6-4-5-7-21(17)26(22(18)12-25-20)13-16-10-15(3)8-9-19(16)24/h4-12,14H,13H2,1-3H3. The van der Waals surface area contributed by atoms with Crippen LogP contribution in [-0.4, -0.2) is 21.6 Å². The Morgan fingerprint density at radius 1 is 1.11 bits per heavy atom. The molecule has 0 spiro atoms. The molecule has 0 unspecified atom stereocenters. The van der Waals surface area contributed by atoms with E-state index in [1.54, 1.807) is 6.20 Å². The van der Waals surface area contributed by atoms with Gasteiger partial charge in [-0.15, -0.1) is 0 Å². The van der Waals surface area contributed by atoms with Gasteiger partial charge in [-0.2, -0.15) is 0 Å². The molecule has 4 aromatic rings. The second-order valence-electron chi connectivity index (χ2n) is 7.24. The van der Waals surface area contributed by atoms with Crippen LogP contribution in [0, 0.1) is 6.92 Å². The summed E-state index contributed by atoms with van der Waals surface area (Å²) in [7, 11) is 0. The second-order valence-corrected chi connectivity index (χ2v) is 7.65. The lowest BCUT2D eigenvalue weighted by Crippen LogP contribution is -2.13. The average Bonchev–Trinajstić information content (AvgIpc) is 2.97. The zero-order valence-corrected chi connectivity index (χ0v) is 16.8. The maximum absolute atomic E-state index is 12.3. The number of halogens is 1. The van der Waals surface area contributed by atoms with Crippen LogP contribution in [0.15, 0.2) is 54.7 Å². The van der Waals surface area contributed by atoms with E-state index in [1.165, 1.54) is 0 Å². The third-order valence-electron chi connectivity index (χ3n) is 4.74. The third kappa shape index (κ3) is 3.36. The first-order valence-electron chi connectivity index (χ1n) is 9.27. The minimum atomic E-state index is -0.407. The van der Waals surface area contributed by atoms with E-state index in [1.807, 2.05) is 44.2 Å². The molecule has 0 saturated carbocycles. The summed E-state index contributed by atoms with van der Waals surface area (Å²) < 4.78 is 7.49. The van der Waals surface area contributed by atoms with E-state index >= 15 is 0 Å². The Kier molecular flexibility index (Phi) is 4.82. The molecule has 0 fully saturated rings. The number of para-hydroxylation sites is 1. The molecule has 0 aliphatic heterocycles.